The minimum atomic E-state index is -3.90. The third kappa shape index (κ3) is 4.31. The van der Waals surface area contributed by atoms with Crippen LogP contribution in [0.3, 0.4) is 0 Å². The van der Waals surface area contributed by atoms with Crippen molar-refractivity contribution in [1.82, 2.24) is 4.47 Å². The molecule has 2 aromatic rings. The molecule has 0 heterocycles. The van der Waals surface area contributed by atoms with Crippen LogP contribution in [-0.2, 0) is 14.9 Å². The smallest absolute Gasteiger partial charge is 0.264 e. The predicted molar refractivity (Wildman–Crippen MR) is 97.6 cm³/mol. The van der Waals surface area contributed by atoms with Crippen LogP contribution in [0.5, 0.6) is 0 Å². The van der Waals surface area contributed by atoms with Crippen LogP contribution in [0.2, 0.25) is 10.0 Å². The second kappa shape index (κ2) is 7.72. The molecule has 0 saturated carbocycles. The quantitative estimate of drug-likeness (QED) is 0.772. The summed E-state index contributed by atoms with van der Waals surface area (Å²) in [6, 6.07) is 8.90. The van der Waals surface area contributed by atoms with E-state index in [9.17, 15) is 13.2 Å². The Labute approximate surface area is 156 Å². The number of carbonyl (C=O) groups is 1. The van der Waals surface area contributed by atoms with Crippen molar-refractivity contribution >= 4 is 44.8 Å². The number of hydrogen-bond acceptors (Lipinski definition) is 4. The maximum atomic E-state index is 12.5. The van der Waals surface area contributed by atoms with Crippen LogP contribution in [0.4, 0.5) is 5.69 Å². The molecule has 0 aliphatic heterocycles. The monoisotopic (exact) mass is 402 g/mol. The first-order chi connectivity index (χ1) is 11.7. The average molecular weight is 403 g/mol. The third-order valence-electron chi connectivity index (χ3n) is 3.52. The number of rotatable bonds is 5. The average Bonchev–Trinajstić information content (AvgIpc) is 2.57. The van der Waals surface area contributed by atoms with Crippen LogP contribution < -0.4 is 5.32 Å². The SMILES string of the molecule is CON(C)S(=O)(=O)c1ccc(Cl)c(C(=O)Nc2cc(Cl)ccc2C)c1. The van der Waals surface area contributed by atoms with Crippen molar-refractivity contribution in [3.05, 3.63) is 57.6 Å². The molecule has 0 bridgehead atoms. The second-order valence-corrected chi connectivity index (χ2v) is 7.93. The van der Waals surface area contributed by atoms with Gasteiger partial charge in [-0.25, -0.2) is 8.42 Å². The molecule has 6 nitrogen and oxygen atoms in total. The van der Waals surface area contributed by atoms with Crippen LogP contribution in [0.25, 0.3) is 0 Å². The highest BCUT2D eigenvalue weighted by atomic mass is 35.5. The Kier molecular flexibility index (Phi) is 6.08. The summed E-state index contributed by atoms with van der Waals surface area (Å²) < 4.78 is 25.3. The van der Waals surface area contributed by atoms with E-state index in [-0.39, 0.29) is 15.5 Å². The lowest BCUT2D eigenvalue weighted by Gasteiger charge is -2.15. The number of carbonyl (C=O) groups excluding carboxylic acids is 1. The highest BCUT2D eigenvalue weighted by Crippen LogP contribution is 2.25. The number of aryl methyl sites for hydroxylation is 1. The van der Waals surface area contributed by atoms with Gasteiger partial charge in [-0.3, -0.25) is 9.63 Å². The van der Waals surface area contributed by atoms with Gasteiger partial charge in [0.2, 0.25) is 0 Å². The van der Waals surface area contributed by atoms with Crippen LogP contribution in [0.1, 0.15) is 15.9 Å². The summed E-state index contributed by atoms with van der Waals surface area (Å²) in [6.45, 7) is 1.81. The highest BCUT2D eigenvalue weighted by Gasteiger charge is 2.23. The van der Waals surface area contributed by atoms with E-state index in [1.54, 1.807) is 18.2 Å². The molecule has 9 heteroatoms. The largest absolute Gasteiger partial charge is 0.322 e. The van der Waals surface area contributed by atoms with Gasteiger partial charge in [0.05, 0.1) is 22.6 Å². The van der Waals surface area contributed by atoms with Crippen molar-refractivity contribution < 1.29 is 18.0 Å². The van der Waals surface area contributed by atoms with E-state index in [1.165, 1.54) is 32.4 Å². The summed E-state index contributed by atoms with van der Waals surface area (Å²) in [4.78, 5) is 17.1. The minimum Gasteiger partial charge on any atom is -0.322 e. The number of nitrogens with zero attached hydrogens (tertiary/aromatic N) is 1. The van der Waals surface area contributed by atoms with Crippen LogP contribution >= 0.6 is 23.2 Å². The molecule has 1 amide bonds. The number of nitrogens with one attached hydrogen (secondary N) is 1. The topological polar surface area (TPSA) is 75.7 Å². The molecular weight excluding hydrogens is 387 g/mol. The van der Waals surface area contributed by atoms with E-state index in [1.807, 2.05) is 6.92 Å². The zero-order chi connectivity index (χ0) is 18.8. The summed E-state index contributed by atoms with van der Waals surface area (Å²) in [7, 11) is -1.42. The van der Waals surface area contributed by atoms with Gasteiger partial charge < -0.3 is 5.32 Å². The van der Waals surface area contributed by atoms with Gasteiger partial charge >= 0.3 is 0 Å². The van der Waals surface area contributed by atoms with Crippen molar-refractivity contribution in [2.75, 3.05) is 19.5 Å². The molecule has 0 unspecified atom stereocenters. The van der Waals surface area contributed by atoms with Crippen LogP contribution in [0.15, 0.2) is 41.3 Å². The molecule has 134 valence electrons. The molecule has 0 aliphatic carbocycles. The van der Waals surface area contributed by atoms with Crippen molar-refractivity contribution in [2.24, 2.45) is 0 Å². The summed E-state index contributed by atoms with van der Waals surface area (Å²) >= 11 is 12.0. The summed E-state index contributed by atoms with van der Waals surface area (Å²) in [6.07, 6.45) is 0. The van der Waals surface area contributed by atoms with Crippen LogP contribution in [0, 0.1) is 6.92 Å². The van der Waals surface area contributed by atoms with Gasteiger partial charge in [-0.2, -0.15) is 0 Å². The fourth-order valence-electron chi connectivity index (χ4n) is 2.00. The van der Waals surface area contributed by atoms with Crippen molar-refractivity contribution in [2.45, 2.75) is 11.8 Å². The summed E-state index contributed by atoms with van der Waals surface area (Å²) in [5.41, 5.74) is 1.33. The number of hydroxylamine groups is 1. The number of benzene rings is 2. The van der Waals surface area contributed by atoms with Crippen molar-refractivity contribution in [1.29, 1.82) is 0 Å². The van der Waals surface area contributed by atoms with E-state index in [0.717, 1.165) is 5.56 Å². The van der Waals surface area contributed by atoms with E-state index >= 15 is 0 Å². The molecule has 25 heavy (non-hydrogen) atoms. The first-order valence-electron chi connectivity index (χ1n) is 7.07. The maximum absolute atomic E-state index is 12.5. The van der Waals surface area contributed by atoms with Gasteiger partial charge in [0, 0.05) is 17.8 Å². The van der Waals surface area contributed by atoms with E-state index in [0.29, 0.717) is 15.2 Å². The first-order valence-corrected chi connectivity index (χ1v) is 9.26. The molecule has 0 fully saturated rings. The van der Waals surface area contributed by atoms with Crippen molar-refractivity contribution in [3.63, 3.8) is 0 Å². The molecule has 0 aromatic heterocycles. The van der Waals surface area contributed by atoms with Gasteiger partial charge in [0.25, 0.3) is 15.9 Å². The van der Waals surface area contributed by atoms with Gasteiger partial charge in [-0.15, -0.1) is 0 Å². The van der Waals surface area contributed by atoms with Gasteiger partial charge in [-0.05, 0) is 42.8 Å². The lowest BCUT2D eigenvalue weighted by atomic mass is 10.1. The Morgan fingerprint density at radius 2 is 1.84 bits per heavy atom. The lowest BCUT2D eigenvalue weighted by Crippen LogP contribution is -2.26. The zero-order valence-electron chi connectivity index (χ0n) is 13.7. The zero-order valence-corrected chi connectivity index (χ0v) is 16.0. The van der Waals surface area contributed by atoms with Crippen molar-refractivity contribution in [3.8, 4) is 0 Å². The predicted octanol–water partition coefficient (Wildman–Crippen LogP) is 3.74. The third-order valence-corrected chi connectivity index (χ3v) is 5.76. The van der Waals surface area contributed by atoms with E-state index < -0.39 is 15.9 Å². The Bertz CT molecular complexity index is 916. The van der Waals surface area contributed by atoms with E-state index in [4.69, 9.17) is 28.0 Å². The molecule has 2 aromatic carbocycles. The molecule has 0 aliphatic rings. The van der Waals surface area contributed by atoms with Gasteiger partial charge in [-0.1, -0.05) is 33.7 Å². The second-order valence-electron chi connectivity index (χ2n) is 5.15. The number of anilines is 1. The summed E-state index contributed by atoms with van der Waals surface area (Å²) in [5, 5.41) is 3.27. The number of sulfonamides is 1. The van der Waals surface area contributed by atoms with Gasteiger partial charge in [0.15, 0.2) is 0 Å². The highest BCUT2D eigenvalue weighted by molar-refractivity contribution is 7.89. The molecular formula is C16H16Cl2N2O4S. The molecule has 0 atom stereocenters. The molecule has 0 saturated heterocycles. The Morgan fingerprint density at radius 3 is 2.48 bits per heavy atom. The van der Waals surface area contributed by atoms with Gasteiger partial charge in [0.1, 0.15) is 0 Å². The summed E-state index contributed by atoms with van der Waals surface area (Å²) in [5.74, 6) is -0.549. The Morgan fingerprint density at radius 1 is 1.16 bits per heavy atom. The first kappa shape index (κ1) is 19.7. The minimum absolute atomic E-state index is 0.0200. The molecule has 0 radical (unpaired) electrons. The fourth-order valence-corrected chi connectivity index (χ4v) is 3.38. The Hall–Kier alpha value is -1.64. The maximum Gasteiger partial charge on any atom is 0.264 e. The number of halogens is 2. The van der Waals surface area contributed by atoms with E-state index in [2.05, 4.69) is 5.32 Å². The standard InChI is InChI=1S/C16H16Cl2N2O4S/c1-10-4-5-11(17)8-15(10)19-16(21)13-9-12(6-7-14(13)18)25(22,23)20(2)24-3/h4-9H,1-3H3,(H,19,21). The number of hydrogen-bond donors (Lipinski definition) is 1. The lowest BCUT2D eigenvalue weighted by molar-refractivity contribution is -0.0258. The fraction of sp³-hybridized carbons (Fsp3) is 0.188. The normalized spacial score (nSPS) is 11.6. The number of amides is 1. The van der Waals surface area contributed by atoms with Crippen LogP contribution in [-0.4, -0.2) is 33.0 Å². The molecule has 2 rings (SSSR count). The molecule has 0 spiro atoms. The Balaban J connectivity index is 2.40. The molecule has 1 N–H and O–H groups in total.